The summed E-state index contributed by atoms with van der Waals surface area (Å²) in [6.07, 6.45) is 15.0. The van der Waals surface area contributed by atoms with Gasteiger partial charge in [-0.15, -0.1) is 37.2 Å². The molecular formula is C19H46Cl3N3. The van der Waals surface area contributed by atoms with E-state index in [2.05, 4.69) is 29.8 Å². The largest absolute Gasteiger partial charge is 0.317 e. The maximum atomic E-state index is 3.54. The standard InChI is InChI=1S/C19H43N3.3ClH/c1-3-5-7-9-11-14-20-16-13-17-22-19-18-21-15-12-10-8-6-4-2;;;/h20-22H,3-19H2,1-2H3;3*1H. The molecule has 0 atom stereocenters. The third-order valence-electron chi connectivity index (χ3n) is 4.10. The summed E-state index contributed by atoms with van der Waals surface area (Å²) in [5, 5.41) is 10.6. The average Bonchev–Trinajstić information content (AvgIpc) is 2.54. The minimum atomic E-state index is 0. The van der Waals surface area contributed by atoms with Crippen LogP contribution in [0.25, 0.3) is 0 Å². The summed E-state index contributed by atoms with van der Waals surface area (Å²) in [7, 11) is 0. The van der Waals surface area contributed by atoms with Crippen LogP contribution in [0.2, 0.25) is 0 Å². The number of hydrogen-bond acceptors (Lipinski definition) is 3. The number of hydrogen-bond donors (Lipinski definition) is 3. The van der Waals surface area contributed by atoms with Crippen LogP contribution >= 0.6 is 37.2 Å². The predicted octanol–water partition coefficient (Wildman–Crippen LogP) is 5.35. The van der Waals surface area contributed by atoms with Crippen molar-refractivity contribution in [2.45, 2.75) is 84.5 Å². The molecule has 0 aliphatic heterocycles. The second-order valence-corrected chi connectivity index (χ2v) is 6.43. The fourth-order valence-electron chi connectivity index (χ4n) is 2.60. The second-order valence-electron chi connectivity index (χ2n) is 6.43. The second kappa shape index (κ2) is 32.4. The first-order chi connectivity index (χ1) is 10.9. The Morgan fingerprint density at radius 1 is 0.360 bits per heavy atom. The van der Waals surface area contributed by atoms with Crippen molar-refractivity contribution in [1.82, 2.24) is 16.0 Å². The van der Waals surface area contributed by atoms with E-state index < -0.39 is 0 Å². The normalized spacial score (nSPS) is 9.84. The van der Waals surface area contributed by atoms with Gasteiger partial charge in [0, 0.05) is 13.1 Å². The summed E-state index contributed by atoms with van der Waals surface area (Å²) in [5.41, 5.74) is 0. The van der Waals surface area contributed by atoms with Crippen molar-refractivity contribution < 1.29 is 0 Å². The summed E-state index contributed by atoms with van der Waals surface area (Å²) >= 11 is 0. The Balaban J connectivity index is -0.000000735. The van der Waals surface area contributed by atoms with Crippen molar-refractivity contribution in [1.29, 1.82) is 0 Å². The van der Waals surface area contributed by atoms with Gasteiger partial charge in [-0.3, -0.25) is 0 Å². The molecule has 0 bridgehead atoms. The van der Waals surface area contributed by atoms with E-state index in [1.807, 2.05) is 0 Å². The zero-order valence-electron chi connectivity index (χ0n) is 16.7. The Morgan fingerprint density at radius 2 is 0.680 bits per heavy atom. The Labute approximate surface area is 176 Å². The van der Waals surface area contributed by atoms with E-state index >= 15 is 0 Å². The lowest BCUT2D eigenvalue weighted by atomic mass is 10.1. The lowest BCUT2D eigenvalue weighted by Gasteiger charge is -2.07. The van der Waals surface area contributed by atoms with Gasteiger partial charge in [0.2, 0.25) is 0 Å². The fraction of sp³-hybridized carbons (Fsp3) is 1.00. The van der Waals surface area contributed by atoms with Crippen LogP contribution in [-0.4, -0.2) is 39.3 Å². The van der Waals surface area contributed by atoms with Crippen molar-refractivity contribution in [2.75, 3.05) is 39.3 Å². The van der Waals surface area contributed by atoms with Gasteiger partial charge in [-0.25, -0.2) is 0 Å². The van der Waals surface area contributed by atoms with E-state index in [0.717, 1.165) is 26.2 Å². The van der Waals surface area contributed by atoms with E-state index in [4.69, 9.17) is 0 Å². The first kappa shape index (κ1) is 33.3. The SMILES string of the molecule is CCCCCCCNCCCNCCNCCCCCCC.Cl.Cl.Cl. The molecule has 0 aliphatic carbocycles. The van der Waals surface area contributed by atoms with E-state index in [9.17, 15) is 0 Å². The third kappa shape index (κ3) is 32.8. The molecule has 0 aromatic carbocycles. The molecule has 0 amide bonds. The molecule has 0 aromatic rings. The van der Waals surface area contributed by atoms with Crippen LogP contribution in [0.4, 0.5) is 0 Å². The Hall–Kier alpha value is 0.750. The highest BCUT2D eigenvalue weighted by Gasteiger charge is 1.92. The van der Waals surface area contributed by atoms with Crippen LogP contribution in [-0.2, 0) is 0 Å². The van der Waals surface area contributed by atoms with E-state index in [-0.39, 0.29) is 37.2 Å². The maximum Gasteiger partial charge on any atom is 0.00767 e. The molecule has 0 spiro atoms. The van der Waals surface area contributed by atoms with Crippen LogP contribution < -0.4 is 16.0 Å². The number of nitrogens with one attached hydrogen (secondary N) is 3. The highest BCUT2D eigenvalue weighted by Crippen LogP contribution is 2.01. The monoisotopic (exact) mass is 421 g/mol. The topological polar surface area (TPSA) is 36.1 Å². The van der Waals surface area contributed by atoms with Crippen molar-refractivity contribution in [2.24, 2.45) is 0 Å². The summed E-state index contributed by atoms with van der Waals surface area (Å²) < 4.78 is 0. The fourth-order valence-corrected chi connectivity index (χ4v) is 2.60. The highest BCUT2D eigenvalue weighted by atomic mass is 35.5. The van der Waals surface area contributed by atoms with Gasteiger partial charge in [0.25, 0.3) is 0 Å². The van der Waals surface area contributed by atoms with Gasteiger partial charge < -0.3 is 16.0 Å². The quantitative estimate of drug-likeness (QED) is 0.245. The van der Waals surface area contributed by atoms with Gasteiger partial charge >= 0.3 is 0 Å². The molecule has 3 N–H and O–H groups in total. The maximum absolute atomic E-state index is 3.54. The first-order valence-corrected chi connectivity index (χ1v) is 10.0. The van der Waals surface area contributed by atoms with Crippen molar-refractivity contribution >= 4 is 37.2 Å². The summed E-state index contributed by atoms with van der Waals surface area (Å²) in [6, 6.07) is 0. The van der Waals surface area contributed by atoms with Crippen molar-refractivity contribution in [3.05, 3.63) is 0 Å². The highest BCUT2D eigenvalue weighted by molar-refractivity contribution is 5.86. The number of unbranched alkanes of at least 4 members (excludes halogenated alkanes) is 8. The molecule has 158 valence electrons. The smallest absolute Gasteiger partial charge is 0.00767 e. The van der Waals surface area contributed by atoms with Crippen LogP contribution in [0.3, 0.4) is 0 Å². The lowest BCUT2D eigenvalue weighted by molar-refractivity contribution is 0.541. The van der Waals surface area contributed by atoms with Gasteiger partial charge in [-0.2, -0.15) is 0 Å². The van der Waals surface area contributed by atoms with Gasteiger partial charge in [-0.05, 0) is 45.4 Å². The molecule has 0 rings (SSSR count). The van der Waals surface area contributed by atoms with Crippen LogP contribution in [0, 0.1) is 0 Å². The molecule has 0 radical (unpaired) electrons. The van der Waals surface area contributed by atoms with Gasteiger partial charge in [0.1, 0.15) is 0 Å². The number of halogens is 3. The van der Waals surface area contributed by atoms with E-state index in [0.29, 0.717) is 0 Å². The van der Waals surface area contributed by atoms with Crippen molar-refractivity contribution in [3.8, 4) is 0 Å². The van der Waals surface area contributed by atoms with E-state index in [1.54, 1.807) is 0 Å². The molecule has 0 heterocycles. The Kier molecular flexibility index (Phi) is 43.2. The Morgan fingerprint density at radius 3 is 1.08 bits per heavy atom. The molecule has 0 fully saturated rings. The van der Waals surface area contributed by atoms with Crippen molar-refractivity contribution in [3.63, 3.8) is 0 Å². The molecule has 0 unspecified atom stereocenters. The van der Waals surface area contributed by atoms with E-state index in [1.165, 1.54) is 83.7 Å². The molecule has 0 saturated heterocycles. The molecule has 0 saturated carbocycles. The minimum absolute atomic E-state index is 0. The minimum Gasteiger partial charge on any atom is -0.317 e. The van der Waals surface area contributed by atoms with Crippen LogP contribution in [0.15, 0.2) is 0 Å². The first-order valence-electron chi connectivity index (χ1n) is 10.0. The zero-order valence-corrected chi connectivity index (χ0v) is 19.2. The predicted molar refractivity (Wildman–Crippen MR) is 122 cm³/mol. The molecule has 3 nitrogen and oxygen atoms in total. The molecular weight excluding hydrogens is 377 g/mol. The molecule has 0 aliphatic rings. The van der Waals surface area contributed by atoms with Gasteiger partial charge in [-0.1, -0.05) is 65.2 Å². The Bertz CT molecular complexity index is 179. The summed E-state index contributed by atoms with van der Waals surface area (Å²) in [5.74, 6) is 0. The third-order valence-corrected chi connectivity index (χ3v) is 4.10. The van der Waals surface area contributed by atoms with Crippen LogP contribution in [0.5, 0.6) is 0 Å². The van der Waals surface area contributed by atoms with Crippen LogP contribution in [0.1, 0.15) is 84.5 Å². The molecule has 25 heavy (non-hydrogen) atoms. The summed E-state index contributed by atoms with van der Waals surface area (Å²) in [4.78, 5) is 0. The average molecular weight is 423 g/mol. The zero-order chi connectivity index (χ0) is 16.1. The number of rotatable bonds is 19. The van der Waals surface area contributed by atoms with Gasteiger partial charge in [0.05, 0.1) is 0 Å². The summed E-state index contributed by atoms with van der Waals surface area (Å²) in [6.45, 7) is 11.4. The lowest BCUT2D eigenvalue weighted by Crippen LogP contribution is -2.30. The molecule has 6 heteroatoms. The molecule has 0 aromatic heterocycles. The van der Waals surface area contributed by atoms with Gasteiger partial charge in [0.15, 0.2) is 0 Å².